The van der Waals surface area contributed by atoms with E-state index >= 15 is 0 Å². The maximum absolute atomic E-state index is 10.1. The van der Waals surface area contributed by atoms with E-state index in [1.165, 1.54) is 12.8 Å². The largest absolute Gasteiger partial charge is 0.396 e. The molecular weight excluding hydrogens is 188 g/mol. The summed E-state index contributed by atoms with van der Waals surface area (Å²) in [7, 11) is 0. The second-order valence-corrected chi connectivity index (χ2v) is 5.92. The van der Waals surface area contributed by atoms with Gasteiger partial charge in [-0.1, -0.05) is 20.3 Å². The molecule has 5 atom stereocenters. The van der Waals surface area contributed by atoms with Crippen LogP contribution >= 0.6 is 0 Å². The highest BCUT2D eigenvalue weighted by Gasteiger charge is 2.51. The lowest BCUT2D eigenvalue weighted by Crippen LogP contribution is -2.41. The molecule has 2 saturated carbocycles. The summed E-state index contributed by atoms with van der Waals surface area (Å²) < 4.78 is 0. The van der Waals surface area contributed by atoms with Gasteiger partial charge >= 0.3 is 0 Å². The molecule has 2 N–H and O–H groups in total. The summed E-state index contributed by atoms with van der Waals surface area (Å²) in [6.45, 7) is 4.78. The first-order valence-electron chi connectivity index (χ1n) is 6.38. The molecule has 2 aliphatic rings. The van der Waals surface area contributed by atoms with Gasteiger partial charge in [-0.05, 0) is 48.9 Å². The standard InChI is InChI=1S/C13H24O2/c1-9(8-14)10-5-6-11-12(15)4-3-7-13(10,11)2/h9-12,14-15H,3-8H2,1-2H3/t9-,10+,11+,12-,13-/m1/s1. The Kier molecular flexibility index (Phi) is 3.09. The molecule has 15 heavy (non-hydrogen) atoms. The van der Waals surface area contributed by atoms with Gasteiger partial charge in [0.15, 0.2) is 0 Å². The van der Waals surface area contributed by atoms with Crippen molar-refractivity contribution in [1.29, 1.82) is 0 Å². The highest BCUT2D eigenvalue weighted by atomic mass is 16.3. The lowest BCUT2D eigenvalue weighted by Gasteiger charge is -2.45. The van der Waals surface area contributed by atoms with Gasteiger partial charge in [-0.3, -0.25) is 0 Å². The van der Waals surface area contributed by atoms with Crippen molar-refractivity contribution in [2.45, 2.75) is 52.1 Å². The first-order valence-corrected chi connectivity index (χ1v) is 6.38. The second kappa shape index (κ2) is 4.06. The van der Waals surface area contributed by atoms with Gasteiger partial charge in [-0.2, -0.15) is 0 Å². The van der Waals surface area contributed by atoms with Crippen LogP contribution < -0.4 is 0 Å². The zero-order valence-electron chi connectivity index (χ0n) is 9.95. The summed E-state index contributed by atoms with van der Waals surface area (Å²) in [6.07, 6.45) is 5.65. The smallest absolute Gasteiger partial charge is 0.0573 e. The minimum Gasteiger partial charge on any atom is -0.396 e. The predicted molar refractivity (Wildman–Crippen MR) is 60.4 cm³/mol. The Bertz CT molecular complexity index is 229. The molecule has 0 bridgehead atoms. The van der Waals surface area contributed by atoms with Crippen molar-refractivity contribution >= 4 is 0 Å². The lowest BCUT2D eigenvalue weighted by molar-refractivity contribution is -0.0321. The van der Waals surface area contributed by atoms with Gasteiger partial charge in [0.05, 0.1) is 6.10 Å². The van der Waals surface area contributed by atoms with Gasteiger partial charge in [0.2, 0.25) is 0 Å². The van der Waals surface area contributed by atoms with Crippen LogP contribution in [0.3, 0.4) is 0 Å². The quantitative estimate of drug-likeness (QED) is 0.736. The number of hydrogen-bond donors (Lipinski definition) is 2. The molecule has 0 spiro atoms. The van der Waals surface area contributed by atoms with Crippen LogP contribution in [0.25, 0.3) is 0 Å². The molecular formula is C13H24O2. The van der Waals surface area contributed by atoms with Crippen LogP contribution in [-0.2, 0) is 0 Å². The number of rotatable bonds is 2. The lowest BCUT2D eigenvalue weighted by atomic mass is 9.62. The molecule has 0 aliphatic heterocycles. The summed E-state index contributed by atoms with van der Waals surface area (Å²) in [4.78, 5) is 0. The first-order chi connectivity index (χ1) is 7.09. The Hall–Kier alpha value is -0.0800. The highest BCUT2D eigenvalue weighted by molar-refractivity contribution is 5.01. The molecule has 0 saturated heterocycles. The van der Waals surface area contributed by atoms with E-state index in [-0.39, 0.29) is 6.10 Å². The molecule has 0 amide bonds. The molecule has 0 heterocycles. The summed E-state index contributed by atoms with van der Waals surface area (Å²) in [5, 5.41) is 19.4. The third kappa shape index (κ3) is 1.72. The van der Waals surface area contributed by atoms with Crippen molar-refractivity contribution < 1.29 is 10.2 Å². The van der Waals surface area contributed by atoms with Gasteiger partial charge in [0, 0.05) is 6.61 Å². The van der Waals surface area contributed by atoms with Gasteiger partial charge in [-0.15, -0.1) is 0 Å². The molecule has 2 fully saturated rings. The Labute approximate surface area is 92.7 Å². The maximum atomic E-state index is 10.1. The van der Waals surface area contributed by atoms with E-state index in [4.69, 9.17) is 0 Å². The topological polar surface area (TPSA) is 40.5 Å². The van der Waals surface area contributed by atoms with E-state index in [0.29, 0.717) is 29.8 Å². The van der Waals surface area contributed by atoms with Crippen molar-refractivity contribution in [3.05, 3.63) is 0 Å². The molecule has 0 aromatic carbocycles. The van der Waals surface area contributed by atoms with E-state index in [2.05, 4.69) is 13.8 Å². The highest BCUT2D eigenvalue weighted by Crippen LogP contribution is 2.57. The van der Waals surface area contributed by atoms with E-state index in [1.807, 2.05) is 0 Å². The van der Waals surface area contributed by atoms with Crippen LogP contribution in [0.5, 0.6) is 0 Å². The fraction of sp³-hybridized carbons (Fsp3) is 1.00. The first kappa shape index (κ1) is 11.4. The monoisotopic (exact) mass is 212 g/mol. The number of fused-ring (bicyclic) bond motifs is 1. The Morgan fingerprint density at radius 2 is 2.07 bits per heavy atom. The summed E-state index contributed by atoms with van der Waals surface area (Å²) >= 11 is 0. The molecule has 0 aromatic rings. The van der Waals surface area contributed by atoms with Gasteiger partial charge in [0.25, 0.3) is 0 Å². The van der Waals surface area contributed by atoms with Crippen molar-refractivity contribution in [2.75, 3.05) is 6.61 Å². The molecule has 2 rings (SSSR count). The molecule has 2 aliphatic carbocycles. The summed E-state index contributed by atoms with van der Waals surface area (Å²) in [5.74, 6) is 1.50. The van der Waals surface area contributed by atoms with Crippen LogP contribution in [0.4, 0.5) is 0 Å². The van der Waals surface area contributed by atoms with Gasteiger partial charge < -0.3 is 10.2 Å². The van der Waals surface area contributed by atoms with Crippen molar-refractivity contribution in [3.8, 4) is 0 Å². The fourth-order valence-electron chi connectivity index (χ4n) is 4.25. The van der Waals surface area contributed by atoms with E-state index in [1.54, 1.807) is 0 Å². The number of aliphatic hydroxyl groups is 2. The van der Waals surface area contributed by atoms with Crippen molar-refractivity contribution in [3.63, 3.8) is 0 Å². The summed E-state index contributed by atoms with van der Waals surface area (Å²) in [5.41, 5.74) is 0.291. The third-order valence-corrected chi connectivity index (χ3v) is 5.14. The average Bonchev–Trinajstić information content (AvgIpc) is 2.56. The van der Waals surface area contributed by atoms with Crippen molar-refractivity contribution in [2.24, 2.45) is 23.2 Å². The molecule has 0 radical (unpaired) electrons. The molecule has 0 unspecified atom stereocenters. The van der Waals surface area contributed by atoms with E-state index in [9.17, 15) is 10.2 Å². The fourth-order valence-corrected chi connectivity index (χ4v) is 4.25. The zero-order valence-corrected chi connectivity index (χ0v) is 9.95. The third-order valence-electron chi connectivity index (χ3n) is 5.14. The normalized spacial score (nSPS) is 47.6. The molecule has 0 aromatic heterocycles. The van der Waals surface area contributed by atoms with Crippen LogP contribution in [0.1, 0.15) is 46.0 Å². The zero-order chi connectivity index (χ0) is 11.1. The van der Waals surface area contributed by atoms with E-state index in [0.717, 1.165) is 19.3 Å². The average molecular weight is 212 g/mol. The Morgan fingerprint density at radius 3 is 2.73 bits per heavy atom. The predicted octanol–water partition coefficient (Wildman–Crippen LogP) is 2.19. The SMILES string of the molecule is C[C@H](CO)[C@@H]1CC[C@H]2[C@H](O)CCC[C@]12C. The summed E-state index contributed by atoms with van der Waals surface area (Å²) in [6, 6.07) is 0. The Balaban J connectivity index is 2.17. The maximum Gasteiger partial charge on any atom is 0.0573 e. The Morgan fingerprint density at radius 1 is 1.33 bits per heavy atom. The van der Waals surface area contributed by atoms with Crippen LogP contribution in [-0.4, -0.2) is 22.9 Å². The van der Waals surface area contributed by atoms with E-state index < -0.39 is 0 Å². The van der Waals surface area contributed by atoms with Crippen LogP contribution in [0.15, 0.2) is 0 Å². The minimum atomic E-state index is -0.0837. The van der Waals surface area contributed by atoms with Crippen LogP contribution in [0, 0.1) is 23.2 Å². The number of aliphatic hydroxyl groups excluding tert-OH is 2. The van der Waals surface area contributed by atoms with Gasteiger partial charge in [0.1, 0.15) is 0 Å². The van der Waals surface area contributed by atoms with Crippen LogP contribution in [0.2, 0.25) is 0 Å². The molecule has 2 nitrogen and oxygen atoms in total. The molecule has 2 heteroatoms. The van der Waals surface area contributed by atoms with Gasteiger partial charge in [-0.25, -0.2) is 0 Å². The minimum absolute atomic E-state index is 0.0837. The second-order valence-electron chi connectivity index (χ2n) is 5.92. The molecule has 88 valence electrons. The number of hydrogen-bond acceptors (Lipinski definition) is 2. The van der Waals surface area contributed by atoms with Crippen molar-refractivity contribution in [1.82, 2.24) is 0 Å².